The van der Waals surface area contributed by atoms with Crippen molar-refractivity contribution >= 4 is 5.82 Å². The molecule has 1 unspecified atom stereocenters. The van der Waals surface area contributed by atoms with E-state index >= 15 is 0 Å². The van der Waals surface area contributed by atoms with Gasteiger partial charge in [0.15, 0.2) is 5.82 Å². The maximum absolute atomic E-state index is 11.8. The molecule has 96 valence electrons. The van der Waals surface area contributed by atoms with Crippen LogP contribution in [0.25, 0.3) is 0 Å². The summed E-state index contributed by atoms with van der Waals surface area (Å²) in [4.78, 5) is 15.9. The number of anilines is 1. The lowest BCUT2D eigenvalue weighted by atomic mass is 10.1. The van der Waals surface area contributed by atoms with Gasteiger partial charge in [-0.3, -0.25) is 4.79 Å². The summed E-state index contributed by atoms with van der Waals surface area (Å²) in [6, 6.07) is 0. The number of aromatic nitrogens is 2. The quantitative estimate of drug-likeness (QED) is 0.696. The van der Waals surface area contributed by atoms with Gasteiger partial charge in [-0.2, -0.15) is 0 Å². The van der Waals surface area contributed by atoms with Crippen molar-refractivity contribution in [1.82, 2.24) is 9.55 Å². The van der Waals surface area contributed by atoms with Gasteiger partial charge in [0.1, 0.15) is 0 Å². The summed E-state index contributed by atoms with van der Waals surface area (Å²) < 4.78 is 1.64. The topological polar surface area (TPSA) is 72.9 Å². The predicted octanol–water partition coefficient (Wildman–Crippen LogP) is 1.05. The van der Waals surface area contributed by atoms with Crippen LogP contribution in [0, 0.1) is 5.92 Å². The first-order valence-corrected chi connectivity index (χ1v) is 6.18. The summed E-state index contributed by atoms with van der Waals surface area (Å²) in [7, 11) is 0. The lowest BCUT2D eigenvalue weighted by molar-refractivity contribution is 0.529. The van der Waals surface area contributed by atoms with Gasteiger partial charge in [-0.25, -0.2) is 4.98 Å². The van der Waals surface area contributed by atoms with Crippen molar-refractivity contribution in [3.8, 4) is 0 Å². The van der Waals surface area contributed by atoms with E-state index in [1.165, 1.54) is 0 Å². The molecule has 0 amide bonds. The van der Waals surface area contributed by atoms with E-state index < -0.39 is 0 Å². The van der Waals surface area contributed by atoms with Crippen LogP contribution in [0.1, 0.15) is 26.7 Å². The molecule has 1 aromatic rings. The number of hydrogen-bond acceptors (Lipinski definition) is 4. The minimum atomic E-state index is -0.0538. The van der Waals surface area contributed by atoms with Crippen LogP contribution in [0.5, 0.6) is 0 Å². The Bertz CT molecular complexity index is 388. The second-order valence-corrected chi connectivity index (χ2v) is 4.28. The Balaban J connectivity index is 2.44. The molecule has 0 aliphatic rings. The molecule has 0 aliphatic carbocycles. The molecule has 1 aromatic heterocycles. The van der Waals surface area contributed by atoms with E-state index in [4.69, 9.17) is 5.73 Å². The summed E-state index contributed by atoms with van der Waals surface area (Å²) >= 11 is 0. The zero-order valence-corrected chi connectivity index (χ0v) is 10.6. The zero-order valence-electron chi connectivity index (χ0n) is 10.6. The fraction of sp³-hybridized carbons (Fsp3) is 0.667. The third-order valence-corrected chi connectivity index (χ3v) is 2.82. The third-order valence-electron chi connectivity index (χ3n) is 2.82. The van der Waals surface area contributed by atoms with E-state index in [1.807, 2.05) is 6.92 Å². The first-order chi connectivity index (χ1) is 8.19. The molecule has 0 aromatic carbocycles. The molecule has 0 saturated carbocycles. The summed E-state index contributed by atoms with van der Waals surface area (Å²) in [6.07, 6.45) is 5.42. The highest BCUT2D eigenvalue weighted by Crippen LogP contribution is 2.03. The van der Waals surface area contributed by atoms with E-state index in [-0.39, 0.29) is 5.56 Å². The highest BCUT2D eigenvalue weighted by molar-refractivity contribution is 5.30. The van der Waals surface area contributed by atoms with Crippen LogP contribution in [-0.2, 0) is 6.54 Å². The molecule has 0 saturated heterocycles. The Kier molecular flexibility index (Phi) is 5.69. The molecule has 3 N–H and O–H groups in total. The third kappa shape index (κ3) is 4.19. The molecule has 0 aliphatic heterocycles. The maximum Gasteiger partial charge on any atom is 0.293 e. The van der Waals surface area contributed by atoms with Gasteiger partial charge < -0.3 is 15.6 Å². The summed E-state index contributed by atoms with van der Waals surface area (Å²) in [5.41, 5.74) is 5.49. The highest BCUT2D eigenvalue weighted by Gasteiger charge is 2.03. The van der Waals surface area contributed by atoms with Crippen molar-refractivity contribution < 1.29 is 0 Å². The van der Waals surface area contributed by atoms with Gasteiger partial charge in [0.2, 0.25) is 0 Å². The second kappa shape index (κ2) is 7.06. The summed E-state index contributed by atoms with van der Waals surface area (Å²) in [5.74, 6) is 0.975. The average molecular weight is 238 g/mol. The summed E-state index contributed by atoms with van der Waals surface area (Å²) in [6.45, 7) is 6.21. The zero-order chi connectivity index (χ0) is 12.7. The highest BCUT2D eigenvalue weighted by atomic mass is 16.1. The largest absolute Gasteiger partial charge is 0.365 e. The molecule has 0 radical (unpaired) electrons. The first kappa shape index (κ1) is 13.7. The van der Waals surface area contributed by atoms with Crippen molar-refractivity contribution in [2.45, 2.75) is 33.2 Å². The number of rotatable bonds is 7. The van der Waals surface area contributed by atoms with Crippen LogP contribution in [-0.4, -0.2) is 22.6 Å². The van der Waals surface area contributed by atoms with Crippen LogP contribution in [0.4, 0.5) is 5.82 Å². The van der Waals surface area contributed by atoms with E-state index in [2.05, 4.69) is 17.2 Å². The standard InChI is InChI=1S/C12H22N4O/c1-3-16-8-7-15-11(12(16)17)14-6-4-5-10(2)9-13/h7-8,10H,3-6,9,13H2,1-2H3,(H,14,15). The van der Waals surface area contributed by atoms with E-state index in [0.29, 0.717) is 24.8 Å². The monoisotopic (exact) mass is 238 g/mol. The molecule has 17 heavy (non-hydrogen) atoms. The SMILES string of the molecule is CCn1ccnc(NCCCC(C)CN)c1=O. The number of hydrogen-bond donors (Lipinski definition) is 2. The van der Waals surface area contributed by atoms with Crippen LogP contribution in [0.2, 0.25) is 0 Å². The maximum atomic E-state index is 11.8. The summed E-state index contributed by atoms with van der Waals surface area (Å²) in [5, 5.41) is 3.08. The number of nitrogens with one attached hydrogen (secondary N) is 1. The van der Waals surface area contributed by atoms with Gasteiger partial charge in [-0.05, 0) is 32.2 Å². The van der Waals surface area contributed by atoms with Gasteiger partial charge in [0.05, 0.1) is 0 Å². The van der Waals surface area contributed by atoms with Crippen molar-refractivity contribution in [3.63, 3.8) is 0 Å². The molecule has 0 fully saturated rings. The van der Waals surface area contributed by atoms with Crippen LogP contribution in [0.15, 0.2) is 17.2 Å². The van der Waals surface area contributed by atoms with Gasteiger partial charge in [-0.1, -0.05) is 6.92 Å². The minimum absolute atomic E-state index is 0.0538. The molecule has 0 spiro atoms. The van der Waals surface area contributed by atoms with Crippen molar-refractivity contribution in [3.05, 3.63) is 22.7 Å². The Hall–Kier alpha value is -1.36. The number of aryl methyl sites for hydroxylation is 1. The normalized spacial score (nSPS) is 12.4. The first-order valence-electron chi connectivity index (χ1n) is 6.18. The van der Waals surface area contributed by atoms with E-state index in [1.54, 1.807) is 17.0 Å². The van der Waals surface area contributed by atoms with Gasteiger partial charge in [0, 0.05) is 25.5 Å². The molecule has 5 heteroatoms. The van der Waals surface area contributed by atoms with Crippen molar-refractivity contribution in [1.29, 1.82) is 0 Å². The molecule has 5 nitrogen and oxygen atoms in total. The fourth-order valence-corrected chi connectivity index (χ4v) is 1.59. The Labute approximate surface area is 102 Å². The van der Waals surface area contributed by atoms with E-state index in [9.17, 15) is 4.79 Å². The fourth-order valence-electron chi connectivity index (χ4n) is 1.59. The van der Waals surface area contributed by atoms with Gasteiger partial charge >= 0.3 is 0 Å². The minimum Gasteiger partial charge on any atom is -0.365 e. The smallest absolute Gasteiger partial charge is 0.293 e. The Morgan fingerprint density at radius 3 is 3.00 bits per heavy atom. The average Bonchev–Trinajstić information content (AvgIpc) is 2.36. The van der Waals surface area contributed by atoms with E-state index in [0.717, 1.165) is 19.4 Å². The second-order valence-electron chi connectivity index (χ2n) is 4.28. The number of nitrogens with two attached hydrogens (primary N) is 1. The van der Waals surface area contributed by atoms with Crippen LogP contribution < -0.4 is 16.6 Å². The molecule has 0 bridgehead atoms. The lowest BCUT2D eigenvalue weighted by Gasteiger charge is -2.09. The number of nitrogens with zero attached hydrogens (tertiary/aromatic N) is 2. The Morgan fingerprint density at radius 2 is 2.35 bits per heavy atom. The van der Waals surface area contributed by atoms with Crippen molar-refractivity contribution in [2.24, 2.45) is 11.7 Å². The van der Waals surface area contributed by atoms with Crippen LogP contribution >= 0.6 is 0 Å². The van der Waals surface area contributed by atoms with Gasteiger partial charge in [0.25, 0.3) is 5.56 Å². The molecule has 1 atom stereocenters. The molecular weight excluding hydrogens is 216 g/mol. The predicted molar refractivity (Wildman–Crippen MR) is 70.1 cm³/mol. The lowest BCUT2D eigenvalue weighted by Crippen LogP contribution is -2.24. The van der Waals surface area contributed by atoms with Gasteiger partial charge in [-0.15, -0.1) is 0 Å². The van der Waals surface area contributed by atoms with Crippen molar-refractivity contribution in [2.75, 3.05) is 18.4 Å². The molecular formula is C12H22N4O. The van der Waals surface area contributed by atoms with Crippen LogP contribution in [0.3, 0.4) is 0 Å². The molecule has 1 heterocycles. The Morgan fingerprint density at radius 1 is 1.59 bits per heavy atom. The molecule has 1 rings (SSSR count).